The van der Waals surface area contributed by atoms with Gasteiger partial charge in [0.1, 0.15) is 11.6 Å². The summed E-state index contributed by atoms with van der Waals surface area (Å²) >= 11 is 0. The molecule has 1 atom stereocenters. The number of nitrogens with one attached hydrogen (secondary N) is 1. The van der Waals surface area contributed by atoms with Crippen molar-refractivity contribution in [2.45, 2.75) is 26.5 Å². The van der Waals surface area contributed by atoms with Crippen LogP contribution in [0.15, 0.2) is 42.5 Å². The highest BCUT2D eigenvalue weighted by Gasteiger charge is 2.14. The smallest absolute Gasteiger partial charge is 0.387 e. The molecule has 2 rings (SSSR count). The first-order valence-corrected chi connectivity index (χ1v) is 6.53. The maximum Gasteiger partial charge on any atom is 0.387 e. The van der Waals surface area contributed by atoms with Gasteiger partial charge in [0.2, 0.25) is 0 Å². The SMILES string of the molecule is Cc1cc(F)cc(NC(C)c2ccccc2OC(F)F)c1. The van der Waals surface area contributed by atoms with Gasteiger partial charge in [0.15, 0.2) is 0 Å². The zero-order valence-electron chi connectivity index (χ0n) is 11.7. The number of hydrogen-bond donors (Lipinski definition) is 1. The molecule has 2 aromatic rings. The lowest BCUT2D eigenvalue weighted by atomic mass is 10.1. The quantitative estimate of drug-likeness (QED) is 0.846. The minimum absolute atomic E-state index is 0.112. The normalized spacial score (nSPS) is 12.3. The van der Waals surface area contributed by atoms with Gasteiger partial charge in [-0.25, -0.2) is 4.39 Å². The zero-order chi connectivity index (χ0) is 15.4. The van der Waals surface area contributed by atoms with E-state index in [1.165, 1.54) is 18.2 Å². The molecule has 0 bridgehead atoms. The van der Waals surface area contributed by atoms with Crippen LogP contribution in [-0.4, -0.2) is 6.61 Å². The lowest BCUT2D eigenvalue weighted by Crippen LogP contribution is -2.11. The Labute approximate surface area is 121 Å². The van der Waals surface area contributed by atoms with Gasteiger partial charge in [0.25, 0.3) is 0 Å². The number of hydrogen-bond acceptors (Lipinski definition) is 2. The van der Waals surface area contributed by atoms with Crippen LogP contribution in [0.2, 0.25) is 0 Å². The van der Waals surface area contributed by atoms with E-state index >= 15 is 0 Å². The van der Waals surface area contributed by atoms with Crippen molar-refractivity contribution >= 4 is 5.69 Å². The van der Waals surface area contributed by atoms with Crippen molar-refractivity contribution in [3.63, 3.8) is 0 Å². The Kier molecular flexibility index (Phi) is 4.73. The Morgan fingerprint density at radius 2 is 1.81 bits per heavy atom. The van der Waals surface area contributed by atoms with E-state index in [-0.39, 0.29) is 17.6 Å². The van der Waals surface area contributed by atoms with Crippen molar-refractivity contribution in [2.24, 2.45) is 0 Å². The Morgan fingerprint density at radius 1 is 1.10 bits per heavy atom. The molecule has 0 aliphatic heterocycles. The lowest BCUT2D eigenvalue weighted by molar-refractivity contribution is -0.0505. The topological polar surface area (TPSA) is 21.3 Å². The Morgan fingerprint density at radius 3 is 2.48 bits per heavy atom. The minimum atomic E-state index is -2.88. The third kappa shape index (κ3) is 4.15. The first kappa shape index (κ1) is 15.2. The van der Waals surface area contributed by atoms with Crippen LogP contribution in [0.1, 0.15) is 24.1 Å². The molecule has 112 valence electrons. The van der Waals surface area contributed by atoms with Gasteiger partial charge in [-0.05, 0) is 43.7 Å². The molecule has 0 aliphatic carbocycles. The van der Waals surface area contributed by atoms with E-state index in [0.717, 1.165) is 5.56 Å². The number of halogens is 3. The van der Waals surface area contributed by atoms with Crippen LogP contribution in [0.3, 0.4) is 0 Å². The van der Waals surface area contributed by atoms with E-state index < -0.39 is 6.61 Å². The second kappa shape index (κ2) is 6.52. The first-order chi connectivity index (χ1) is 9.95. The monoisotopic (exact) mass is 295 g/mol. The predicted molar refractivity (Wildman–Crippen MR) is 76.2 cm³/mol. The first-order valence-electron chi connectivity index (χ1n) is 6.53. The molecular weight excluding hydrogens is 279 g/mol. The van der Waals surface area contributed by atoms with Crippen molar-refractivity contribution in [2.75, 3.05) is 5.32 Å². The maximum absolute atomic E-state index is 13.4. The minimum Gasteiger partial charge on any atom is -0.434 e. The molecule has 0 aliphatic rings. The molecule has 1 unspecified atom stereocenters. The van der Waals surface area contributed by atoms with Gasteiger partial charge in [-0.3, -0.25) is 0 Å². The Bertz CT molecular complexity index is 596. The summed E-state index contributed by atoms with van der Waals surface area (Å²) in [6.07, 6.45) is 0. The lowest BCUT2D eigenvalue weighted by Gasteiger charge is -2.19. The van der Waals surface area contributed by atoms with Crippen molar-refractivity contribution in [3.05, 3.63) is 59.4 Å². The molecular formula is C16H16F3NO. The molecule has 0 fully saturated rings. The van der Waals surface area contributed by atoms with Gasteiger partial charge in [0, 0.05) is 11.3 Å². The van der Waals surface area contributed by atoms with Crippen LogP contribution in [0.25, 0.3) is 0 Å². The van der Waals surface area contributed by atoms with Crippen LogP contribution < -0.4 is 10.1 Å². The van der Waals surface area contributed by atoms with E-state index in [1.807, 2.05) is 0 Å². The van der Waals surface area contributed by atoms with Crippen LogP contribution in [-0.2, 0) is 0 Å². The van der Waals surface area contributed by atoms with Gasteiger partial charge in [0.05, 0.1) is 6.04 Å². The summed E-state index contributed by atoms with van der Waals surface area (Å²) in [4.78, 5) is 0. The standard InChI is InChI=1S/C16H16F3NO/c1-10-7-12(17)9-13(8-10)20-11(2)14-5-3-4-6-15(14)21-16(18)19/h3-9,11,16,20H,1-2H3. The third-order valence-electron chi connectivity index (χ3n) is 3.03. The molecule has 0 heterocycles. The molecule has 0 amide bonds. The molecule has 0 radical (unpaired) electrons. The fraction of sp³-hybridized carbons (Fsp3) is 0.250. The zero-order valence-corrected chi connectivity index (χ0v) is 11.7. The summed E-state index contributed by atoms with van der Waals surface area (Å²) in [6.45, 7) is 0.704. The predicted octanol–water partition coefficient (Wildman–Crippen LogP) is 4.91. The van der Waals surface area contributed by atoms with Crippen molar-refractivity contribution in [3.8, 4) is 5.75 Å². The highest BCUT2D eigenvalue weighted by atomic mass is 19.3. The summed E-state index contributed by atoms with van der Waals surface area (Å²) in [6, 6.07) is 10.8. The van der Waals surface area contributed by atoms with E-state index in [9.17, 15) is 13.2 Å². The number of para-hydroxylation sites is 1. The van der Waals surface area contributed by atoms with Gasteiger partial charge < -0.3 is 10.1 Å². The molecule has 1 N–H and O–H groups in total. The number of ether oxygens (including phenoxy) is 1. The second-order valence-electron chi connectivity index (χ2n) is 4.80. The molecule has 0 spiro atoms. The van der Waals surface area contributed by atoms with E-state index in [0.29, 0.717) is 11.3 Å². The van der Waals surface area contributed by atoms with E-state index in [1.54, 1.807) is 38.1 Å². The summed E-state index contributed by atoms with van der Waals surface area (Å²) in [7, 11) is 0. The summed E-state index contributed by atoms with van der Waals surface area (Å²) in [5, 5.41) is 3.09. The number of rotatable bonds is 5. The van der Waals surface area contributed by atoms with Gasteiger partial charge in [-0.2, -0.15) is 8.78 Å². The van der Waals surface area contributed by atoms with E-state index in [4.69, 9.17) is 0 Å². The second-order valence-corrected chi connectivity index (χ2v) is 4.80. The number of aryl methyl sites for hydroxylation is 1. The molecule has 5 heteroatoms. The number of benzene rings is 2. The molecule has 21 heavy (non-hydrogen) atoms. The Hall–Kier alpha value is -2.17. The van der Waals surface area contributed by atoms with Crippen LogP contribution in [0, 0.1) is 12.7 Å². The number of alkyl halides is 2. The van der Waals surface area contributed by atoms with Gasteiger partial charge in [-0.15, -0.1) is 0 Å². The largest absolute Gasteiger partial charge is 0.434 e. The summed E-state index contributed by atoms with van der Waals surface area (Å²) in [5.41, 5.74) is 1.95. The summed E-state index contributed by atoms with van der Waals surface area (Å²) < 4.78 is 42.7. The fourth-order valence-electron chi connectivity index (χ4n) is 2.19. The van der Waals surface area contributed by atoms with Crippen molar-refractivity contribution < 1.29 is 17.9 Å². The average molecular weight is 295 g/mol. The highest BCUT2D eigenvalue weighted by molar-refractivity contribution is 5.49. The third-order valence-corrected chi connectivity index (χ3v) is 3.03. The van der Waals surface area contributed by atoms with Crippen molar-refractivity contribution in [1.82, 2.24) is 0 Å². The fourth-order valence-corrected chi connectivity index (χ4v) is 2.19. The maximum atomic E-state index is 13.4. The highest BCUT2D eigenvalue weighted by Crippen LogP contribution is 2.29. The summed E-state index contributed by atoms with van der Waals surface area (Å²) in [5.74, 6) is -0.234. The molecule has 2 nitrogen and oxygen atoms in total. The van der Waals surface area contributed by atoms with Crippen LogP contribution in [0.5, 0.6) is 5.75 Å². The van der Waals surface area contributed by atoms with Gasteiger partial charge in [-0.1, -0.05) is 18.2 Å². The van der Waals surface area contributed by atoms with Crippen molar-refractivity contribution in [1.29, 1.82) is 0 Å². The Balaban J connectivity index is 2.22. The molecule has 2 aromatic carbocycles. The van der Waals surface area contributed by atoms with Crippen LogP contribution >= 0.6 is 0 Å². The van der Waals surface area contributed by atoms with Gasteiger partial charge >= 0.3 is 6.61 Å². The molecule has 0 saturated heterocycles. The van der Waals surface area contributed by atoms with Crippen LogP contribution in [0.4, 0.5) is 18.9 Å². The van der Waals surface area contributed by atoms with E-state index in [2.05, 4.69) is 10.1 Å². The molecule has 0 saturated carbocycles. The number of anilines is 1. The average Bonchev–Trinajstić information content (AvgIpc) is 2.37. The molecule has 0 aromatic heterocycles.